The summed E-state index contributed by atoms with van der Waals surface area (Å²) in [7, 11) is 0. The Bertz CT molecular complexity index is 688. The summed E-state index contributed by atoms with van der Waals surface area (Å²) >= 11 is 0. The number of nitrogens with zero attached hydrogens (tertiary/aromatic N) is 1. The predicted octanol–water partition coefficient (Wildman–Crippen LogP) is 15.8. The Labute approximate surface area is 298 Å². The van der Waals surface area contributed by atoms with E-state index in [1.807, 2.05) is 0 Å². The fourth-order valence-corrected chi connectivity index (χ4v) is 7.48. The van der Waals surface area contributed by atoms with Gasteiger partial charge in [-0.15, -0.1) is 0 Å². The van der Waals surface area contributed by atoms with E-state index in [9.17, 15) is 0 Å². The molecule has 0 N–H and O–H groups in total. The second-order valence-electron chi connectivity index (χ2n) is 15.6. The van der Waals surface area contributed by atoms with E-state index in [4.69, 9.17) is 0 Å². The molecular formula is C46H88N+. The molecule has 0 aliphatic heterocycles. The van der Waals surface area contributed by atoms with E-state index < -0.39 is 0 Å². The maximum Gasteiger partial charge on any atom is 0.171 e. The van der Waals surface area contributed by atoms with E-state index in [1.54, 1.807) is 11.1 Å². The van der Waals surface area contributed by atoms with Crippen molar-refractivity contribution in [2.75, 3.05) is 0 Å². The van der Waals surface area contributed by atoms with E-state index >= 15 is 0 Å². The lowest BCUT2D eigenvalue weighted by Gasteiger charge is -2.07. The normalized spacial score (nSPS) is 11.6. The number of pyridine rings is 1. The molecule has 0 atom stereocenters. The molecule has 1 aromatic heterocycles. The van der Waals surface area contributed by atoms with E-state index in [1.165, 1.54) is 244 Å². The smallest absolute Gasteiger partial charge is 0.171 e. The maximum atomic E-state index is 2.58. The van der Waals surface area contributed by atoms with Gasteiger partial charge in [0.15, 0.2) is 12.4 Å². The fraction of sp³-hybridized carbons (Fsp3) is 0.891. The van der Waals surface area contributed by atoms with Crippen LogP contribution in [0.5, 0.6) is 0 Å². The number of aryl methyl sites for hydroxylation is 3. The molecule has 1 heterocycles. The summed E-state index contributed by atoms with van der Waals surface area (Å²) in [4.78, 5) is 0. The second kappa shape index (κ2) is 36.4. The van der Waals surface area contributed by atoms with Gasteiger partial charge in [-0.25, -0.2) is 4.57 Å². The minimum absolute atomic E-state index is 1.21. The molecule has 0 aliphatic carbocycles. The summed E-state index contributed by atoms with van der Waals surface area (Å²) in [5.41, 5.74) is 3.21. The van der Waals surface area contributed by atoms with Gasteiger partial charge in [0, 0.05) is 17.5 Å². The molecule has 0 saturated carbocycles. The van der Waals surface area contributed by atoms with E-state index in [0.29, 0.717) is 0 Å². The SMILES string of the molecule is CCCCCCCCCCCCCCCCc1cc(CCCCCCCCCCCCCCCC)c[n+](CCCCCCCCC)c1. The van der Waals surface area contributed by atoms with Crippen LogP contribution in [0, 0.1) is 0 Å². The standard InChI is InChI=1S/C46H88N/c1-4-7-10-13-16-18-20-22-24-26-28-30-33-36-39-45-42-46(44-47(43-45)41-38-35-32-15-12-9-6-3)40-37-34-31-29-27-25-23-21-19-17-14-11-8-5-2/h42-44H,4-41H2,1-3H3/q+1. The van der Waals surface area contributed by atoms with Crippen molar-refractivity contribution in [3.63, 3.8) is 0 Å². The van der Waals surface area contributed by atoms with Crippen molar-refractivity contribution in [2.45, 2.75) is 265 Å². The number of aromatic nitrogens is 1. The molecule has 1 rings (SSSR count). The maximum absolute atomic E-state index is 2.58. The summed E-state index contributed by atoms with van der Waals surface area (Å²) in [5, 5.41) is 0. The molecule has 0 radical (unpaired) electrons. The van der Waals surface area contributed by atoms with E-state index in [0.717, 1.165) is 0 Å². The van der Waals surface area contributed by atoms with Crippen molar-refractivity contribution < 1.29 is 4.57 Å². The van der Waals surface area contributed by atoms with Crippen molar-refractivity contribution in [2.24, 2.45) is 0 Å². The Hall–Kier alpha value is -0.850. The first-order valence-electron chi connectivity index (χ1n) is 22.3. The highest BCUT2D eigenvalue weighted by molar-refractivity contribution is 5.15. The molecule has 0 unspecified atom stereocenters. The van der Waals surface area contributed by atoms with Gasteiger partial charge >= 0.3 is 0 Å². The Morgan fingerprint density at radius 1 is 0.298 bits per heavy atom. The third kappa shape index (κ3) is 30.9. The molecule has 1 aromatic rings. The van der Waals surface area contributed by atoms with E-state index in [2.05, 4.69) is 43.8 Å². The van der Waals surface area contributed by atoms with Crippen molar-refractivity contribution in [1.82, 2.24) is 0 Å². The summed E-state index contributed by atoms with van der Waals surface area (Å²) < 4.78 is 2.57. The summed E-state index contributed by atoms with van der Waals surface area (Å²) in [6.07, 6.45) is 57.8. The Morgan fingerprint density at radius 3 is 0.809 bits per heavy atom. The minimum atomic E-state index is 1.21. The Kier molecular flexibility index (Phi) is 34.2. The number of unbranched alkanes of at least 4 members (excludes halogenated alkanes) is 32. The second-order valence-corrected chi connectivity index (χ2v) is 15.6. The van der Waals surface area contributed by atoms with Crippen molar-refractivity contribution in [3.05, 3.63) is 29.6 Å². The zero-order chi connectivity index (χ0) is 33.7. The van der Waals surface area contributed by atoms with Crippen LogP contribution in [0.3, 0.4) is 0 Å². The first-order valence-corrected chi connectivity index (χ1v) is 22.3. The highest BCUT2D eigenvalue weighted by Crippen LogP contribution is 2.17. The fourth-order valence-electron chi connectivity index (χ4n) is 7.48. The predicted molar refractivity (Wildman–Crippen MR) is 213 cm³/mol. The molecule has 1 nitrogen and oxygen atoms in total. The molecule has 1 heteroatoms. The highest BCUT2D eigenvalue weighted by Gasteiger charge is 2.09. The highest BCUT2D eigenvalue weighted by atomic mass is 14.9. The monoisotopic (exact) mass is 655 g/mol. The van der Waals surface area contributed by atoms with Crippen LogP contribution in [-0.4, -0.2) is 0 Å². The first-order chi connectivity index (χ1) is 23.3. The third-order valence-corrected chi connectivity index (χ3v) is 10.7. The molecule has 0 aliphatic rings. The van der Waals surface area contributed by atoms with Gasteiger partial charge in [0.2, 0.25) is 0 Å². The van der Waals surface area contributed by atoms with Crippen LogP contribution in [0.1, 0.15) is 257 Å². The van der Waals surface area contributed by atoms with Crippen LogP contribution < -0.4 is 4.57 Å². The van der Waals surface area contributed by atoms with Crippen LogP contribution in [-0.2, 0) is 19.4 Å². The van der Waals surface area contributed by atoms with Crippen molar-refractivity contribution in [3.8, 4) is 0 Å². The number of hydrogen-bond acceptors (Lipinski definition) is 0. The topological polar surface area (TPSA) is 3.88 Å². The number of rotatable bonds is 38. The molecule has 0 saturated heterocycles. The van der Waals surface area contributed by atoms with Crippen molar-refractivity contribution in [1.29, 1.82) is 0 Å². The Morgan fingerprint density at radius 2 is 0.532 bits per heavy atom. The Balaban J connectivity index is 2.26. The van der Waals surface area contributed by atoms with Gasteiger partial charge in [0.05, 0.1) is 0 Å². The van der Waals surface area contributed by atoms with Gasteiger partial charge in [-0.1, -0.05) is 220 Å². The lowest BCUT2D eigenvalue weighted by Crippen LogP contribution is -2.34. The summed E-state index contributed by atoms with van der Waals surface area (Å²) in [6, 6.07) is 2.58. The van der Waals surface area contributed by atoms with Gasteiger partial charge in [-0.05, 0) is 38.2 Å². The zero-order valence-electron chi connectivity index (χ0n) is 33.0. The van der Waals surface area contributed by atoms with Gasteiger partial charge in [-0.3, -0.25) is 0 Å². The van der Waals surface area contributed by atoms with E-state index in [-0.39, 0.29) is 0 Å². The quantitative estimate of drug-likeness (QED) is 0.0493. The molecule has 0 fully saturated rings. The lowest BCUT2D eigenvalue weighted by molar-refractivity contribution is -0.698. The molecule has 0 aromatic carbocycles. The van der Waals surface area contributed by atoms with Crippen LogP contribution in [0.2, 0.25) is 0 Å². The molecular weight excluding hydrogens is 567 g/mol. The average Bonchev–Trinajstić information content (AvgIpc) is 3.08. The van der Waals surface area contributed by atoms with Crippen LogP contribution in [0.15, 0.2) is 18.5 Å². The molecule has 0 spiro atoms. The first kappa shape index (κ1) is 44.2. The van der Waals surface area contributed by atoms with Gasteiger partial charge in [0.25, 0.3) is 0 Å². The van der Waals surface area contributed by atoms with Crippen molar-refractivity contribution >= 4 is 0 Å². The van der Waals surface area contributed by atoms with Crippen LogP contribution in [0.4, 0.5) is 0 Å². The van der Waals surface area contributed by atoms with Gasteiger partial charge < -0.3 is 0 Å². The van der Waals surface area contributed by atoms with Crippen LogP contribution in [0.25, 0.3) is 0 Å². The average molecular weight is 655 g/mol. The molecule has 0 amide bonds. The summed E-state index contributed by atoms with van der Waals surface area (Å²) in [6.45, 7) is 8.16. The molecule has 0 bridgehead atoms. The summed E-state index contributed by atoms with van der Waals surface area (Å²) in [5.74, 6) is 0. The number of hydrogen-bond donors (Lipinski definition) is 0. The third-order valence-electron chi connectivity index (χ3n) is 10.7. The van der Waals surface area contributed by atoms with Crippen LogP contribution >= 0.6 is 0 Å². The zero-order valence-corrected chi connectivity index (χ0v) is 33.0. The van der Waals surface area contributed by atoms with Gasteiger partial charge in [-0.2, -0.15) is 0 Å². The molecule has 276 valence electrons. The lowest BCUT2D eigenvalue weighted by atomic mass is 10.0. The minimum Gasteiger partial charge on any atom is -0.205 e. The van der Waals surface area contributed by atoms with Gasteiger partial charge in [0.1, 0.15) is 6.54 Å². The molecule has 47 heavy (non-hydrogen) atoms. The largest absolute Gasteiger partial charge is 0.205 e.